The zero-order valence-corrected chi connectivity index (χ0v) is 19.4. The molecule has 0 radical (unpaired) electrons. The number of aromatic nitrogens is 3. The topological polar surface area (TPSA) is 94.8 Å². The summed E-state index contributed by atoms with van der Waals surface area (Å²) < 4.78 is 33.8. The summed E-state index contributed by atoms with van der Waals surface area (Å²) in [6, 6.07) is 10.6. The van der Waals surface area contributed by atoms with Crippen LogP contribution in [0.15, 0.2) is 30.3 Å². The number of hydrogen-bond acceptors (Lipinski definition) is 6. The molecule has 2 aromatic rings. The molecule has 1 fully saturated rings. The van der Waals surface area contributed by atoms with Crippen molar-refractivity contribution < 1.29 is 27.9 Å². The molecule has 186 valence electrons. The van der Waals surface area contributed by atoms with E-state index in [1.54, 1.807) is 19.0 Å². The number of likely N-dealkylation sites (N-methyl/N-ethyl adjacent to an activating group) is 1. The van der Waals surface area contributed by atoms with Gasteiger partial charge in [0.2, 0.25) is 5.82 Å². The van der Waals surface area contributed by atoms with Crippen molar-refractivity contribution in [3.63, 3.8) is 0 Å². The van der Waals surface area contributed by atoms with Gasteiger partial charge in [-0.15, -0.1) is 10.2 Å². The van der Waals surface area contributed by atoms with Gasteiger partial charge in [0, 0.05) is 46.8 Å². The van der Waals surface area contributed by atoms with E-state index in [9.17, 15) is 18.0 Å². The average molecular weight is 483 g/mol. The first-order chi connectivity index (χ1) is 16.0. The summed E-state index contributed by atoms with van der Waals surface area (Å²) >= 11 is 0. The molecule has 12 heteroatoms. The normalized spacial score (nSPS) is 18.1. The number of rotatable bonds is 3. The predicted octanol–water partition coefficient (Wildman–Crippen LogP) is 2.05. The van der Waals surface area contributed by atoms with Gasteiger partial charge in [-0.3, -0.25) is 14.6 Å². The van der Waals surface area contributed by atoms with Crippen LogP contribution >= 0.6 is 0 Å². The Kier molecular flexibility index (Phi) is 7.61. The van der Waals surface area contributed by atoms with Crippen molar-refractivity contribution in [3.8, 4) is 0 Å². The Hall–Kier alpha value is -2.99. The van der Waals surface area contributed by atoms with Gasteiger partial charge in [0.15, 0.2) is 5.82 Å². The highest BCUT2D eigenvalue weighted by atomic mass is 19.4. The first kappa shape index (κ1) is 25.6. The standard InChI is InChI=1S/C20H28N6O.C2HF3O2/c1-23(2)18(27)17-21-22-19-20(24(3)13-14-26(17)19)9-11-25(12-10-20)15-16-7-5-4-6-8-16;3-2(4,5)1(6)7/h4-8H,9-15H2,1-3H3;(H,6,7). The zero-order chi connectivity index (χ0) is 25.1. The summed E-state index contributed by atoms with van der Waals surface area (Å²) in [6.07, 6.45) is -3.07. The molecule has 0 bridgehead atoms. The van der Waals surface area contributed by atoms with Crippen molar-refractivity contribution in [1.29, 1.82) is 0 Å². The van der Waals surface area contributed by atoms with Crippen molar-refractivity contribution in [2.24, 2.45) is 0 Å². The number of alkyl halides is 3. The number of amides is 1. The molecule has 1 saturated heterocycles. The highest BCUT2D eigenvalue weighted by molar-refractivity contribution is 5.90. The van der Waals surface area contributed by atoms with E-state index in [2.05, 4.69) is 61.9 Å². The van der Waals surface area contributed by atoms with Crippen molar-refractivity contribution in [1.82, 2.24) is 29.5 Å². The summed E-state index contributed by atoms with van der Waals surface area (Å²) in [5.41, 5.74) is 1.23. The number of fused-ring (bicyclic) bond motifs is 2. The zero-order valence-electron chi connectivity index (χ0n) is 19.4. The number of benzene rings is 1. The summed E-state index contributed by atoms with van der Waals surface area (Å²) in [4.78, 5) is 27.9. The first-order valence-electron chi connectivity index (χ1n) is 10.9. The van der Waals surface area contributed by atoms with Crippen LogP contribution < -0.4 is 0 Å². The van der Waals surface area contributed by atoms with Crippen LogP contribution in [0.25, 0.3) is 0 Å². The molecule has 1 amide bonds. The molecule has 0 saturated carbocycles. The minimum atomic E-state index is -5.08. The fourth-order valence-electron chi connectivity index (χ4n) is 4.38. The van der Waals surface area contributed by atoms with Crippen LogP contribution in [0.3, 0.4) is 0 Å². The van der Waals surface area contributed by atoms with E-state index in [0.29, 0.717) is 5.82 Å². The van der Waals surface area contributed by atoms with Gasteiger partial charge in [-0.1, -0.05) is 30.3 Å². The highest BCUT2D eigenvalue weighted by Crippen LogP contribution is 2.40. The molecule has 0 aliphatic carbocycles. The molecule has 4 rings (SSSR count). The fourth-order valence-corrected chi connectivity index (χ4v) is 4.38. The third-order valence-corrected chi connectivity index (χ3v) is 6.33. The van der Waals surface area contributed by atoms with Gasteiger partial charge >= 0.3 is 12.1 Å². The molecule has 1 aromatic heterocycles. The van der Waals surface area contributed by atoms with Gasteiger partial charge in [0.05, 0.1) is 5.54 Å². The van der Waals surface area contributed by atoms with Crippen molar-refractivity contribution in [2.45, 2.75) is 37.6 Å². The van der Waals surface area contributed by atoms with E-state index in [1.165, 1.54) is 5.56 Å². The third kappa shape index (κ3) is 5.39. The fraction of sp³-hybridized carbons (Fsp3) is 0.545. The van der Waals surface area contributed by atoms with Gasteiger partial charge in [0.25, 0.3) is 5.91 Å². The second-order valence-electron chi connectivity index (χ2n) is 8.72. The van der Waals surface area contributed by atoms with Gasteiger partial charge in [-0.2, -0.15) is 13.2 Å². The summed E-state index contributed by atoms with van der Waals surface area (Å²) in [5.74, 6) is -1.41. The highest BCUT2D eigenvalue weighted by Gasteiger charge is 2.46. The Labute approximate surface area is 195 Å². The molecule has 1 N–H and O–H groups in total. The third-order valence-electron chi connectivity index (χ3n) is 6.33. The van der Waals surface area contributed by atoms with Crippen LogP contribution in [0, 0.1) is 0 Å². The maximum absolute atomic E-state index is 12.5. The van der Waals surface area contributed by atoms with Crippen LogP contribution in [0.2, 0.25) is 0 Å². The Balaban J connectivity index is 0.000000406. The van der Waals surface area contributed by atoms with Gasteiger partial charge in [0.1, 0.15) is 0 Å². The van der Waals surface area contributed by atoms with Crippen molar-refractivity contribution in [2.75, 3.05) is 40.8 Å². The molecule has 0 atom stereocenters. The smallest absolute Gasteiger partial charge is 0.475 e. The number of carboxylic acid groups (broad SMARTS) is 1. The van der Waals surface area contributed by atoms with E-state index < -0.39 is 12.1 Å². The first-order valence-corrected chi connectivity index (χ1v) is 10.9. The number of nitrogens with zero attached hydrogens (tertiary/aromatic N) is 6. The quantitative estimate of drug-likeness (QED) is 0.716. The predicted molar refractivity (Wildman–Crippen MR) is 117 cm³/mol. The van der Waals surface area contributed by atoms with Gasteiger partial charge in [-0.25, -0.2) is 4.79 Å². The lowest BCUT2D eigenvalue weighted by molar-refractivity contribution is -0.192. The molecule has 34 heavy (non-hydrogen) atoms. The number of piperidine rings is 1. The second kappa shape index (κ2) is 10.1. The van der Waals surface area contributed by atoms with Crippen LogP contribution in [-0.4, -0.2) is 93.4 Å². The minimum Gasteiger partial charge on any atom is -0.475 e. The monoisotopic (exact) mass is 482 g/mol. The lowest BCUT2D eigenvalue weighted by atomic mass is 9.83. The largest absolute Gasteiger partial charge is 0.490 e. The molecule has 3 heterocycles. The Morgan fingerprint density at radius 1 is 1.06 bits per heavy atom. The molecule has 2 aliphatic heterocycles. The van der Waals surface area contributed by atoms with Crippen molar-refractivity contribution in [3.05, 3.63) is 47.5 Å². The van der Waals surface area contributed by atoms with Gasteiger partial charge < -0.3 is 14.6 Å². The Morgan fingerprint density at radius 3 is 2.18 bits per heavy atom. The molecular formula is C22H29F3N6O3. The van der Waals surface area contributed by atoms with Gasteiger partial charge in [-0.05, 0) is 25.5 Å². The SMILES string of the molecule is CN(C)C(=O)c1nnc2n1CCN(C)C21CCN(Cc2ccccc2)CC1.O=C(O)C(F)(F)F. The molecule has 9 nitrogen and oxygen atoms in total. The van der Waals surface area contributed by atoms with E-state index >= 15 is 0 Å². The summed E-state index contributed by atoms with van der Waals surface area (Å²) in [6.45, 7) is 4.70. The van der Waals surface area contributed by atoms with E-state index in [-0.39, 0.29) is 11.4 Å². The molecule has 1 spiro atoms. The maximum Gasteiger partial charge on any atom is 0.490 e. The summed E-state index contributed by atoms with van der Waals surface area (Å²) in [5, 5.41) is 15.9. The van der Waals surface area contributed by atoms with E-state index in [1.807, 2.05) is 0 Å². The number of carbonyl (C=O) groups excluding carboxylic acids is 1. The Morgan fingerprint density at radius 2 is 1.65 bits per heavy atom. The minimum absolute atomic E-state index is 0.0741. The van der Waals surface area contributed by atoms with Crippen LogP contribution in [0.4, 0.5) is 13.2 Å². The number of aliphatic carboxylic acids is 1. The lowest BCUT2D eigenvalue weighted by Gasteiger charge is -2.49. The lowest BCUT2D eigenvalue weighted by Crippen LogP contribution is -2.56. The molecule has 2 aliphatic rings. The average Bonchev–Trinajstić information content (AvgIpc) is 3.22. The van der Waals surface area contributed by atoms with Crippen LogP contribution in [-0.2, 0) is 23.4 Å². The van der Waals surface area contributed by atoms with Crippen LogP contribution in [0.1, 0.15) is 34.8 Å². The molecule has 0 unspecified atom stereocenters. The number of carboxylic acids is 1. The van der Waals surface area contributed by atoms with E-state index in [0.717, 1.165) is 51.4 Å². The van der Waals surface area contributed by atoms with Crippen LogP contribution in [0.5, 0.6) is 0 Å². The number of hydrogen-bond donors (Lipinski definition) is 1. The number of halogens is 3. The Bertz CT molecular complexity index is 1000. The second-order valence-corrected chi connectivity index (χ2v) is 8.72. The van der Waals surface area contributed by atoms with E-state index in [4.69, 9.17) is 9.90 Å². The maximum atomic E-state index is 12.5. The molecule has 1 aromatic carbocycles. The number of likely N-dealkylation sites (tertiary alicyclic amines) is 1. The molecular weight excluding hydrogens is 453 g/mol. The summed E-state index contributed by atoms with van der Waals surface area (Å²) in [7, 11) is 5.70. The van der Waals surface area contributed by atoms with Crippen molar-refractivity contribution >= 4 is 11.9 Å². The number of carbonyl (C=O) groups is 2.